The average Bonchev–Trinajstić information content (AvgIpc) is 3.16. The Labute approximate surface area is 158 Å². The zero-order valence-electron chi connectivity index (χ0n) is 14.6. The number of hydrogen-bond acceptors (Lipinski definition) is 2. The van der Waals surface area contributed by atoms with Gasteiger partial charge in [-0.3, -0.25) is 4.68 Å². The van der Waals surface area contributed by atoms with Gasteiger partial charge in [-0.15, -0.1) is 0 Å². The van der Waals surface area contributed by atoms with Crippen molar-refractivity contribution in [3.8, 4) is 0 Å². The number of urea groups is 1. The molecule has 0 aliphatic rings. The Kier molecular flexibility index (Phi) is 5.92. The number of amides is 2. The Bertz CT molecular complexity index is 847. The first kappa shape index (κ1) is 18.0. The summed E-state index contributed by atoms with van der Waals surface area (Å²) >= 11 is 6.15. The van der Waals surface area contributed by atoms with E-state index in [2.05, 4.69) is 22.5 Å². The summed E-state index contributed by atoms with van der Waals surface area (Å²) < 4.78 is 1.88. The Balaban J connectivity index is 1.50. The van der Waals surface area contributed by atoms with Crippen LogP contribution < -0.4 is 5.32 Å². The SMILES string of the molecule is CN(Cc1ccccc1Cl)C(=O)NCc1ccc(Cn2cccn2)cc1. The molecule has 0 aliphatic heterocycles. The maximum atomic E-state index is 12.3. The van der Waals surface area contributed by atoms with Crippen LogP contribution in [-0.4, -0.2) is 27.8 Å². The van der Waals surface area contributed by atoms with Gasteiger partial charge in [0.05, 0.1) is 6.54 Å². The molecule has 0 spiro atoms. The quantitative estimate of drug-likeness (QED) is 0.716. The molecule has 3 rings (SSSR count). The lowest BCUT2D eigenvalue weighted by Crippen LogP contribution is -2.36. The van der Waals surface area contributed by atoms with Crippen LogP contribution in [0.2, 0.25) is 5.02 Å². The Morgan fingerprint density at radius 1 is 1.12 bits per heavy atom. The number of hydrogen-bond donors (Lipinski definition) is 1. The van der Waals surface area contributed by atoms with Gasteiger partial charge in [0, 0.05) is 37.6 Å². The molecule has 0 saturated carbocycles. The number of carbonyl (C=O) groups is 1. The summed E-state index contributed by atoms with van der Waals surface area (Å²) in [5, 5.41) is 7.79. The van der Waals surface area contributed by atoms with Crippen LogP contribution >= 0.6 is 11.6 Å². The third kappa shape index (κ3) is 4.86. The molecule has 2 aromatic carbocycles. The third-order valence-corrected chi connectivity index (χ3v) is 4.45. The number of aromatic nitrogens is 2. The molecule has 0 unspecified atom stereocenters. The minimum atomic E-state index is -0.134. The van der Waals surface area contributed by atoms with Crippen LogP contribution in [0.5, 0.6) is 0 Å². The van der Waals surface area contributed by atoms with Crippen molar-refractivity contribution in [3.05, 3.63) is 88.7 Å². The highest BCUT2D eigenvalue weighted by molar-refractivity contribution is 6.31. The zero-order valence-corrected chi connectivity index (χ0v) is 15.4. The molecule has 5 nitrogen and oxygen atoms in total. The minimum Gasteiger partial charge on any atom is -0.334 e. The topological polar surface area (TPSA) is 50.2 Å². The van der Waals surface area contributed by atoms with Crippen molar-refractivity contribution >= 4 is 17.6 Å². The van der Waals surface area contributed by atoms with Gasteiger partial charge in [0.2, 0.25) is 0 Å². The van der Waals surface area contributed by atoms with E-state index in [1.165, 1.54) is 5.56 Å². The lowest BCUT2D eigenvalue weighted by molar-refractivity contribution is 0.206. The molecule has 26 heavy (non-hydrogen) atoms. The van der Waals surface area contributed by atoms with Gasteiger partial charge in [-0.2, -0.15) is 5.10 Å². The van der Waals surface area contributed by atoms with E-state index in [0.29, 0.717) is 18.1 Å². The summed E-state index contributed by atoms with van der Waals surface area (Å²) in [6, 6.07) is 17.5. The summed E-state index contributed by atoms with van der Waals surface area (Å²) in [4.78, 5) is 13.9. The van der Waals surface area contributed by atoms with E-state index in [-0.39, 0.29) is 6.03 Å². The molecule has 134 valence electrons. The fourth-order valence-corrected chi connectivity index (χ4v) is 2.81. The first-order valence-corrected chi connectivity index (χ1v) is 8.77. The number of benzene rings is 2. The first-order valence-electron chi connectivity index (χ1n) is 8.39. The van der Waals surface area contributed by atoms with Gasteiger partial charge >= 0.3 is 6.03 Å². The fraction of sp³-hybridized carbons (Fsp3) is 0.200. The molecule has 0 atom stereocenters. The van der Waals surface area contributed by atoms with Crippen molar-refractivity contribution in [2.75, 3.05) is 7.05 Å². The van der Waals surface area contributed by atoms with Gasteiger partial charge in [-0.25, -0.2) is 4.79 Å². The maximum absolute atomic E-state index is 12.3. The van der Waals surface area contributed by atoms with E-state index in [1.807, 2.05) is 53.3 Å². The second kappa shape index (κ2) is 8.54. The fourth-order valence-electron chi connectivity index (χ4n) is 2.61. The van der Waals surface area contributed by atoms with Gasteiger partial charge in [0.1, 0.15) is 0 Å². The van der Waals surface area contributed by atoms with Crippen molar-refractivity contribution < 1.29 is 4.79 Å². The van der Waals surface area contributed by atoms with Crippen molar-refractivity contribution in [2.24, 2.45) is 0 Å². The molecule has 1 heterocycles. The predicted octanol–water partition coefficient (Wildman–Crippen LogP) is 3.93. The molecular formula is C20H21ClN4O. The number of nitrogens with zero attached hydrogens (tertiary/aromatic N) is 3. The number of carbonyl (C=O) groups excluding carboxylic acids is 1. The molecule has 6 heteroatoms. The van der Waals surface area contributed by atoms with E-state index < -0.39 is 0 Å². The third-order valence-electron chi connectivity index (χ3n) is 4.08. The molecule has 0 fully saturated rings. The van der Waals surface area contributed by atoms with Crippen molar-refractivity contribution in [3.63, 3.8) is 0 Å². The molecule has 2 amide bonds. The van der Waals surface area contributed by atoms with E-state index in [0.717, 1.165) is 17.7 Å². The van der Waals surface area contributed by atoms with Crippen LogP contribution in [0, 0.1) is 0 Å². The predicted molar refractivity (Wildman–Crippen MR) is 103 cm³/mol. The van der Waals surface area contributed by atoms with Gasteiger partial charge in [0.15, 0.2) is 0 Å². The maximum Gasteiger partial charge on any atom is 0.317 e. The van der Waals surface area contributed by atoms with Gasteiger partial charge in [0.25, 0.3) is 0 Å². The molecule has 0 radical (unpaired) electrons. The van der Waals surface area contributed by atoms with E-state index >= 15 is 0 Å². The smallest absolute Gasteiger partial charge is 0.317 e. The Morgan fingerprint density at radius 3 is 2.54 bits per heavy atom. The van der Waals surface area contributed by atoms with E-state index in [4.69, 9.17) is 11.6 Å². The number of nitrogens with one attached hydrogen (secondary N) is 1. The molecule has 1 aromatic heterocycles. The van der Waals surface area contributed by atoms with Crippen LogP contribution in [0.25, 0.3) is 0 Å². The number of halogens is 1. The minimum absolute atomic E-state index is 0.134. The lowest BCUT2D eigenvalue weighted by atomic mass is 10.1. The normalized spacial score (nSPS) is 10.5. The summed E-state index contributed by atoms with van der Waals surface area (Å²) in [6.45, 7) is 1.68. The molecule has 3 aromatic rings. The van der Waals surface area contributed by atoms with Gasteiger partial charge in [-0.05, 0) is 28.8 Å². The summed E-state index contributed by atoms with van der Waals surface area (Å²) in [6.07, 6.45) is 3.70. The van der Waals surface area contributed by atoms with Crippen LogP contribution in [0.15, 0.2) is 67.0 Å². The van der Waals surface area contributed by atoms with Crippen molar-refractivity contribution in [2.45, 2.75) is 19.6 Å². The number of rotatable bonds is 6. The van der Waals surface area contributed by atoms with E-state index in [9.17, 15) is 4.79 Å². The van der Waals surface area contributed by atoms with Gasteiger partial charge < -0.3 is 10.2 Å². The van der Waals surface area contributed by atoms with Crippen LogP contribution in [-0.2, 0) is 19.6 Å². The van der Waals surface area contributed by atoms with E-state index in [1.54, 1.807) is 18.1 Å². The first-order chi connectivity index (χ1) is 12.6. The van der Waals surface area contributed by atoms with Gasteiger partial charge in [-0.1, -0.05) is 54.1 Å². The summed E-state index contributed by atoms with van der Waals surface area (Å²) in [5.41, 5.74) is 3.14. The monoisotopic (exact) mass is 368 g/mol. The lowest BCUT2D eigenvalue weighted by Gasteiger charge is -2.19. The highest BCUT2D eigenvalue weighted by Crippen LogP contribution is 2.16. The largest absolute Gasteiger partial charge is 0.334 e. The molecular weight excluding hydrogens is 348 g/mol. The van der Waals surface area contributed by atoms with Crippen LogP contribution in [0.4, 0.5) is 4.79 Å². The van der Waals surface area contributed by atoms with Crippen LogP contribution in [0.3, 0.4) is 0 Å². The average molecular weight is 369 g/mol. The van der Waals surface area contributed by atoms with Crippen LogP contribution in [0.1, 0.15) is 16.7 Å². The summed E-state index contributed by atoms with van der Waals surface area (Å²) in [7, 11) is 1.76. The molecule has 1 N–H and O–H groups in total. The zero-order chi connectivity index (χ0) is 18.4. The van der Waals surface area contributed by atoms with Crippen molar-refractivity contribution in [1.82, 2.24) is 20.0 Å². The molecule has 0 bridgehead atoms. The second-order valence-corrected chi connectivity index (χ2v) is 6.53. The molecule has 0 saturated heterocycles. The highest BCUT2D eigenvalue weighted by Gasteiger charge is 2.10. The Morgan fingerprint density at radius 2 is 1.85 bits per heavy atom. The Hall–Kier alpha value is -2.79. The second-order valence-electron chi connectivity index (χ2n) is 6.13. The highest BCUT2D eigenvalue weighted by atomic mass is 35.5. The summed E-state index contributed by atoms with van der Waals surface area (Å²) in [5.74, 6) is 0. The molecule has 0 aliphatic carbocycles. The standard InChI is InChI=1S/C20H21ClN4O/c1-24(15-18-5-2-3-6-19(18)21)20(26)22-13-16-7-9-17(10-8-16)14-25-12-4-11-23-25/h2-12H,13-15H2,1H3,(H,22,26). The van der Waals surface area contributed by atoms with Crippen molar-refractivity contribution in [1.29, 1.82) is 0 Å².